The van der Waals surface area contributed by atoms with Crippen molar-refractivity contribution < 1.29 is 18.7 Å². The van der Waals surface area contributed by atoms with Crippen LogP contribution in [0.2, 0.25) is 5.02 Å². The highest BCUT2D eigenvalue weighted by Crippen LogP contribution is 2.39. The molecule has 3 aromatic carbocycles. The van der Waals surface area contributed by atoms with Gasteiger partial charge in [0.05, 0.1) is 28.4 Å². The highest BCUT2D eigenvalue weighted by Gasteiger charge is 2.26. The quantitative estimate of drug-likeness (QED) is 0.391. The SMILES string of the molecule is O=C(Nc1ccc(C(=O)N2Cc3ccccc3Oc3ccccc32)cn1)c1cc(F)ccc1Cl. The Bertz CT molecular complexity index is 1410. The highest BCUT2D eigenvalue weighted by atomic mass is 35.5. The molecule has 0 saturated carbocycles. The summed E-state index contributed by atoms with van der Waals surface area (Å²) in [5.41, 5.74) is 1.83. The van der Waals surface area contributed by atoms with Crippen LogP contribution in [0.3, 0.4) is 0 Å². The van der Waals surface area contributed by atoms with Gasteiger partial charge in [-0.3, -0.25) is 9.59 Å². The van der Waals surface area contributed by atoms with Gasteiger partial charge in [-0.25, -0.2) is 9.37 Å². The van der Waals surface area contributed by atoms with E-state index in [0.29, 0.717) is 29.3 Å². The number of nitrogens with one attached hydrogen (secondary N) is 1. The van der Waals surface area contributed by atoms with Crippen molar-refractivity contribution in [1.82, 2.24) is 4.98 Å². The van der Waals surface area contributed by atoms with E-state index in [1.807, 2.05) is 48.5 Å². The number of fused-ring (bicyclic) bond motifs is 2. The zero-order valence-electron chi connectivity index (χ0n) is 17.7. The maximum absolute atomic E-state index is 13.5. The summed E-state index contributed by atoms with van der Waals surface area (Å²) >= 11 is 5.99. The molecule has 0 saturated heterocycles. The standard InChI is InChI=1S/C26H17ClFN3O3/c27-20-11-10-18(28)13-19(20)25(32)30-24-12-9-16(14-29-24)26(33)31-15-17-5-1-3-7-22(17)34-23-8-4-2-6-21(23)31/h1-14H,15H2,(H,29,30,32). The van der Waals surface area contributed by atoms with E-state index in [4.69, 9.17) is 16.3 Å². The van der Waals surface area contributed by atoms with Crippen molar-refractivity contribution in [3.63, 3.8) is 0 Å². The molecule has 1 aromatic heterocycles. The molecule has 1 aliphatic heterocycles. The number of amides is 2. The van der Waals surface area contributed by atoms with Gasteiger partial charge in [0.25, 0.3) is 11.8 Å². The van der Waals surface area contributed by atoms with Gasteiger partial charge >= 0.3 is 0 Å². The lowest BCUT2D eigenvalue weighted by atomic mass is 10.1. The van der Waals surface area contributed by atoms with Crippen LogP contribution in [-0.4, -0.2) is 16.8 Å². The summed E-state index contributed by atoms with van der Waals surface area (Å²) in [5, 5.41) is 2.68. The van der Waals surface area contributed by atoms with Crippen LogP contribution in [0, 0.1) is 5.82 Å². The number of carbonyl (C=O) groups excluding carboxylic acids is 2. The number of nitrogens with zero attached hydrogens (tertiary/aromatic N) is 2. The van der Waals surface area contributed by atoms with Crippen molar-refractivity contribution in [3.05, 3.63) is 113 Å². The molecule has 6 nitrogen and oxygen atoms in total. The first-order valence-corrected chi connectivity index (χ1v) is 10.8. The summed E-state index contributed by atoms with van der Waals surface area (Å²) in [5.74, 6) is 0.0122. The number of aromatic nitrogens is 1. The summed E-state index contributed by atoms with van der Waals surface area (Å²) in [6.45, 7) is 0.322. The Kier molecular flexibility index (Phi) is 5.69. The molecule has 2 heterocycles. The zero-order valence-corrected chi connectivity index (χ0v) is 18.4. The summed E-state index contributed by atoms with van der Waals surface area (Å²) in [6, 6.07) is 21.5. The minimum atomic E-state index is -0.605. The zero-order chi connectivity index (χ0) is 23.7. The van der Waals surface area contributed by atoms with Gasteiger partial charge < -0.3 is 15.0 Å². The predicted octanol–water partition coefficient (Wildman–Crippen LogP) is 6.08. The Labute approximate surface area is 199 Å². The molecule has 4 aromatic rings. The summed E-state index contributed by atoms with van der Waals surface area (Å²) in [6.07, 6.45) is 1.38. The van der Waals surface area contributed by atoms with Gasteiger partial charge in [0.2, 0.25) is 0 Å². The van der Waals surface area contributed by atoms with Gasteiger partial charge in [-0.15, -0.1) is 0 Å². The second kappa shape index (κ2) is 8.96. The van der Waals surface area contributed by atoms with Crippen LogP contribution in [0.1, 0.15) is 26.3 Å². The first-order valence-electron chi connectivity index (χ1n) is 10.4. The molecule has 34 heavy (non-hydrogen) atoms. The van der Waals surface area contributed by atoms with Gasteiger partial charge in [0.15, 0.2) is 5.75 Å². The van der Waals surface area contributed by atoms with Crippen LogP contribution >= 0.6 is 11.6 Å². The van der Waals surface area contributed by atoms with Crippen LogP contribution in [0.5, 0.6) is 11.5 Å². The fourth-order valence-electron chi connectivity index (χ4n) is 3.66. The smallest absolute Gasteiger partial charge is 0.260 e. The normalized spacial score (nSPS) is 12.1. The molecule has 0 atom stereocenters. The highest BCUT2D eigenvalue weighted by molar-refractivity contribution is 6.34. The van der Waals surface area contributed by atoms with Crippen molar-refractivity contribution in [2.24, 2.45) is 0 Å². The molecular weight excluding hydrogens is 457 g/mol. The number of anilines is 2. The summed E-state index contributed by atoms with van der Waals surface area (Å²) in [7, 11) is 0. The molecule has 0 radical (unpaired) electrons. The molecular formula is C26H17ClFN3O3. The van der Waals surface area contributed by atoms with Crippen LogP contribution in [-0.2, 0) is 6.54 Å². The van der Waals surface area contributed by atoms with Crippen molar-refractivity contribution in [2.75, 3.05) is 10.2 Å². The largest absolute Gasteiger partial charge is 0.455 e. The number of hydrogen-bond donors (Lipinski definition) is 1. The van der Waals surface area contributed by atoms with E-state index in [1.165, 1.54) is 24.4 Å². The third-order valence-corrected chi connectivity index (χ3v) is 5.68. The monoisotopic (exact) mass is 473 g/mol. The average molecular weight is 474 g/mol. The fraction of sp³-hybridized carbons (Fsp3) is 0.0385. The third kappa shape index (κ3) is 4.21. The van der Waals surface area contributed by atoms with Gasteiger partial charge in [-0.2, -0.15) is 0 Å². The number of pyridine rings is 1. The van der Waals surface area contributed by atoms with Crippen molar-refractivity contribution in [2.45, 2.75) is 6.54 Å². The maximum Gasteiger partial charge on any atom is 0.260 e. The Hall–Kier alpha value is -4.23. The average Bonchev–Trinajstić information content (AvgIpc) is 3.02. The van der Waals surface area contributed by atoms with Crippen molar-refractivity contribution in [3.8, 4) is 11.5 Å². The fourth-order valence-corrected chi connectivity index (χ4v) is 3.86. The van der Waals surface area contributed by atoms with Crippen LogP contribution in [0.15, 0.2) is 85.1 Å². The lowest BCUT2D eigenvalue weighted by molar-refractivity contribution is 0.0984. The number of para-hydroxylation sites is 3. The molecule has 5 rings (SSSR count). The van der Waals surface area contributed by atoms with Crippen molar-refractivity contribution in [1.29, 1.82) is 0 Å². The Morgan fingerprint density at radius 3 is 2.53 bits per heavy atom. The second-order valence-corrected chi connectivity index (χ2v) is 7.99. The Morgan fingerprint density at radius 1 is 0.971 bits per heavy atom. The van der Waals surface area contributed by atoms with Crippen LogP contribution in [0.4, 0.5) is 15.9 Å². The van der Waals surface area contributed by atoms with Crippen molar-refractivity contribution >= 4 is 34.9 Å². The van der Waals surface area contributed by atoms with Gasteiger partial charge in [0, 0.05) is 11.8 Å². The number of ether oxygens (including phenoxy) is 1. The first kappa shape index (κ1) is 21.6. The molecule has 8 heteroatoms. The van der Waals surface area contributed by atoms with E-state index in [-0.39, 0.29) is 22.3 Å². The predicted molar refractivity (Wildman–Crippen MR) is 127 cm³/mol. The molecule has 1 aliphatic rings. The van der Waals surface area contributed by atoms with E-state index in [2.05, 4.69) is 10.3 Å². The first-order chi connectivity index (χ1) is 16.5. The number of carbonyl (C=O) groups is 2. The molecule has 0 fully saturated rings. The number of halogens is 2. The molecule has 0 unspecified atom stereocenters. The minimum absolute atomic E-state index is 0.0107. The van der Waals surface area contributed by atoms with Crippen LogP contribution in [0.25, 0.3) is 0 Å². The second-order valence-electron chi connectivity index (χ2n) is 7.58. The topological polar surface area (TPSA) is 71.5 Å². The van der Waals surface area contributed by atoms with E-state index in [1.54, 1.807) is 11.0 Å². The summed E-state index contributed by atoms with van der Waals surface area (Å²) < 4.78 is 19.5. The van der Waals surface area contributed by atoms with Gasteiger partial charge in [0.1, 0.15) is 17.4 Å². The molecule has 0 spiro atoms. The molecule has 168 valence electrons. The Balaban J connectivity index is 1.40. The minimum Gasteiger partial charge on any atom is -0.455 e. The third-order valence-electron chi connectivity index (χ3n) is 5.35. The molecule has 2 amide bonds. The van der Waals surface area contributed by atoms with Gasteiger partial charge in [-0.1, -0.05) is 41.9 Å². The lowest BCUT2D eigenvalue weighted by Crippen LogP contribution is -2.30. The molecule has 1 N–H and O–H groups in total. The number of rotatable bonds is 3. The Morgan fingerprint density at radius 2 is 1.74 bits per heavy atom. The number of hydrogen-bond acceptors (Lipinski definition) is 4. The van der Waals surface area contributed by atoms with E-state index in [0.717, 1.165) is 11.6 Å². The van der Waals surface area contributed by atoms with E-state index < -0.39 is 11.7 Å². The maximum atomic E-state index is 13.5. The van der Waals surface area contributed by atoms with E-state index >= 15 is 0 Å². The lowest BCUT2D eigenvalue weighted by Gasteiger charge is -2.22. The van der Waals surface area contributed by atoms with E-state index in [9.17, 15) is 14.0 Å². The van der Waals surface area contributed by atoms with Gasteiger partial charge in [-0.05, 0) is 48.5 Å². The summed E-state index contributed by atoms with van der Waals surface area (Å²) in [4.78, 5) is 31.7. The molecule has 0 aliphatic carbocycles. The van der Waals surface area contributed by atoms with Crippen LogP contribution < -0.4 is 15.0 Å². The number of benzene rings is 3. The molecule has 0 bridgehead atoms.